The van der Waals surface area contributed by atoms with Crippen molar-refractivity contribution < 1.29 is 9.84 Å². The van der Waals surface area contributed by atoms with Gasteiger partial charge < -0.3 is 20.5 Å². The van der Waals surface area contributed by atoms with E-state index in [1.54, 1.807) is 7.11 Å². The summed E-state index contributed by atoms with van der Waals surface area (Å²) >= 11 is 0. The van der Waals surface area contributed by atoms with Crippen molar-refractivity contribution in [3.63, 3.8) is 0 Å². The zero-order valence-corrected chi connectivity index (χ0v) is 9.52. The number of nitrogens with zero attached hydrogens (tertiary/aromatic N) is 1. The van der Waals surface area contributed by atoms with Gasteiger partial charge in [-0.1, -0.05) is 6.07 Å². The van der Waals surface area contributed by atoms with Gasteiger partial charge in [-0.25, -0.2) is 0 Å². The molecular weight excluding hydrogens is 204 g/mol. The summed E-state index contributed by atoms with van der Waals surface area (Å²) in [4.78, 5) is 2.16. The Morgan fingerprint density at radius 2 is 2.38 bits per heavy atom. The summed E-state index contributed by atoms with van der Waals surface area (Å²) in [5.41, 5.74) is 7.89. The average molecular weight is 222 g/mol. The topological polar surface area (TPSA) is 58.7 Å². The molecule has 1 fully saturated rings. The van der Waals surface area contributed by atoms with Crippen LogP contribution in [0.1, 0.15) is 12.0 Å². The van der Waals surface area contributed by atoms with Crippen molar-refractivity contribution in [2.75, 3.05) is 25.1 Å². The third-order valence-electron chi connectivity index (χ3n) is 3.02. The van der Waals surface area contributed by atoms with Gasteiger partial charge in [-0.05, 0) is 18.1 Å². The Labute approximate surface area is 95.6 Å². The van der Waals surface area contributed by atoms with E-state index in [4.69, 9.17) is 10.5 Å². The van der Waals surface area contributed by atoms with Gasteiger partial charge in [0.25, 0.3) is 0 Å². The second-order valence-corrected chi connectivity index (χ2v) is 4.09. The Kier molecular flexibility index (Phi) is 3.31. The number of nitrogens with two attached hydrogens (primary N) is 1. The summed E-state index contributed by atoms with van der Waals surface area (Å²) in [5, 5.41) is 9.55. The molecule has 0 aliphatic carbocycles. The molecule has 0 amide bonds. The molecule has 2 rings (SSSR count). The number of rotatable bonds is 3. The number of methoxy groups -OCH3 is 1. The number of aliphatic hydroxyl groups is 1. The van der Waals surface area contributed by atoms with Gasteiger partial charge in [-0.15, -0.1) is 0 Å². The van der Waals surface area contributed by atoms with Gasteiger partial charge in [0.1, 0.15) is 5.75 Å². The minimum Gasteiger partial charge on any atom is -0.497 e. The Hall–Kier alpha value is -1.26. The number of β-amino-alcohol motifs (C(OH)–C–C–N with tert-alkyl or cyclic N) is 1. The second-order valence-electron chi connectivity index (χ2n) is 4.09. The number of hydrogen-bond donors (Lipinski definition) is 2. The van der Waals surface area contributed by atoms with E-state index in [1.165, 1.54) is 0 Å². The molecule has 1 atom stereocenters. The highest BCUT2D eigenvalue weighted by atomic mass is 16.5. The molecule has 0 radical (unpaired) electrons. The van der Waals surface area contributed by atoms with E-state index in [1.807, 2.05) is 18.2 Å². The van der Waals surface area contributed by atoms with Crippen molar-refractivity contribution in [3.05, 3.63) is 23.8 Å². The molecule has 1 heterocycles. The maximum atomic E-state index is 9.55. The van der Waals surface area contributed by atoms with Crippen LogP contribution in [0.15, 0.2) is 18.2 Å². The second kappa shape index (κ2) is 4.72. The van der Waals surface area contributed by atoms with Gasteiger partial charge in [0.05, 0.1) is 13.2 Å². The Bertz CT molecular complexity index is 368. The Balaban J connectivity index is 2.29. The molecule has 0 spiro atoms. The van der Waals surface area contributed by atoms with Gasteiger partial charge >= 0.3 is 0 Å². The van der Waals surface area contributed by atoms with Crippen LogP contribution >= 0.6 is 0 Å². The van der Waals surface area contributed by atoms with Crippen LogP contribution < -0.4 is 15.4 Å². The minimum atomic E-state index is -0.225. The zero-order valence-electron chi connectivity index (χ0n) is 9.52. The average Bonchev–Trinajstić information content (AvgIpc) is 2.75. The molecule has 4 heteroatoms. The van der Waals surface area contributed by atoms with Crippen molar-refractivity contribution in [3.8, 4) is 5.75 Å². The van der Waals surface area contributed by atoms with E-state index in [0.29, 0.717) is 13.1 Å². The largest absolute Gasteiger partial charge is 0.497 e. The fourth-order valence-corrected chi connectivity index (χ4v) is 2.10. The summed E-state index contributed by atoms with van der Waals surface area (Å²) in [6.45, 7) is 2.06. The lowest BCUT2D eigenvalue weighted by molar-refractivity contribution is 0.198. The van der Waals surface area contributed by atoms with Crippen LogP contribution in [0, 0.1) is 0 Å². The Morgan fingerprint density at radius 1 is 1.56 bits per heavy atom. The standard InChI is InChI=1S/C12H18N2O2/c1-16-11-3-2-9(7-13)12(6-11)14-5-4-10(15)8-14/h2-3,6,10,15H,4-5,7-8,13H2,1H3. The lowest BCUT2D eigenvalue weighted by Gasteiger charge is -2.21. The quantitative estimate of drug-likeness (QED) is 0.791. The zero-order chi connectivity index (χ0) is 11.5. The molecule has 88 valence electrons. The van der Waals surface area contributed by atoms with Gasteiger partial charge in [0.15, 0.2) is 0 Å². The van der Waals surface area contributed by atoms with E-state index in [2.05, 4.69) is 4.90 Å². The summed E-state index contributed by atoms with van der Waals surface area (Å²) in [6.07, 6.45) is 0.595. The number of anilines is 1. The van der Waals surface area contributed by atoms with Crippen LogP contribution in [0.25, 0.3) is 0 Å². The predicted octanol–water partition coefficient (Wildman–Crippen LogP) is 0.725. The molecule has 16 heavy (non-hydrogen) atoms. The highest BCUT2D eigenvalue weighted by Gasteiger charge is 2.22. The van der Waals surface area contributed by atoms with Gasteiger partial charge in [-0.2, -0.15) is 0 Å². The fourth-order valence-electron chi connectivity index (χ4n) is 2.10. The molecule has 1 unspecified atom stereocenters. The lowest BCUT2D eigenvalue weighted by atomic mass is 10.1. The molecule has 1 saturated heterocycles. The van der Waals surface area contributed by atoms with Crippen LogP contribution in [0.3, 0.4) is 0 Å². The van der Waals surface area contributed by atoms with E-state index in [0.717, 1.165) is 30.0 Å². The summed E-state index contributed by atoms with van der Waals surface area (Å²) < 4.78 is 5.21. The molecule has 1 aromatic carbocycles. The number of hydrogen-bond acceptors (Lipinski definition) is 4. The van der Waals surface area contributed by atoms with Crippen LogP contribution in [-0.4, -0.2) is 31.4 Å². The first-order valence-corrected chi connectivity index (χ1v) is 5.54. The van der Waals surface area contributed by atoms with Crippen LogP contribution in [0.2, 0.25) is 0 Å². The van der Waals surface area contributed by atoms with E-state index in [9.17, 15) is 5.11 Å². The van der Waals surface area contributed by atoms with E-state index in [-0.39, 0.29) is 6.10 Å². The molecule has 3 N–H and O–H groups in total. The molecule has 4 nitrogen and oxygen atoms in total. The molecule has 0 aromatic heterocycles. The third kappa shape index (κ3) is 2.13. The first-order chi connectivity index (χ1) is 7.74. The number of aliphatic hydroxyl groups excluding tert-OH is 1. The van der Waals surface area contributed by atoms with E-state index < -0.39 is 0 Å². The van der Waals surface area contributed by atoms with Gasteiger partial charge in [0.2, 0.25) is 0 Å². The first-order valence-electron chi connectivity index (χ1n) is 5.54. The lowest BCUT2D eigenvalue weighted by Crippen LogP contribution is -2.23. The monoisotopic (exact) mass is 222 g/mol. The molecule has 1 aromatic rings. The first kappa shape index (κ1) is 11.2. The minimum absolute atomic E-state index is 0.225. The summed E-state index contributed by atoms with van der Waals surface area (Å²) in [7, 11) is 1.65. The maximum absolute atomic E-state index is 9.55. The van der Waals surface area contributed by atoms with E-state index >= 15 is 0 Å². The Morgan fingerprint density at radius 3 is 2.94 bits per heavy atom. The van der Waals surface area contributed by atoms with Crippen molar-refractivity contribution >= 4 is 5.69 Å². The van der Waals surface area contributed by atoms with Gasteiger partial charge in [-0.3, -0.25) is 0 Å². The van der Waals surface area contributed by atoms with Crippen LogP contribution in [0.4, 0.5) is 5.69 Å². The summed E-state index contributed by atoms with van der Waals surface area (Å²) in [5.74, 6) is 0.827. The van der Waals surface area contributed by atoms with Crippen molar-refractivity contribution in [2.24, 2.45) is 5.73 Å². The fraction of sp³-hybridized carbons (Fsp3) is 0.500. The smallest absolute Gasteiger partial charge is 0.120 e. The maximum Gasteiger partial charge on any atom is 0.120 e. The third-order valence-corrected chi connectivity index (χ3v) is 3.02. The van der Waals surface area contributed by atoms with Gasteiger partial charge in [0, 0.05) is 31.4 Å². The normalized spacial score (nSPS) is 20.2. The number of benzene rings is 1. The highest BCUT2D eigenvalue weighted by Crippen LogP contribution is 2.28. The van der Waals surface area contributed by atoms with Crippen LogP contribution in [0.5, 0.6) is 5.75 Å². The van der Waals surface area contributed by atoms with Crippen molar-refractivity contribution in [1.29, 1.82) is 0 Å². The molecule has 0 saturated carbocycles. The highest BCUT2D eigenvalue weighted by molar-refractivity contribution is 5.58. The molecule has 1 aliphatic heterocycles. The summed E-state index contributed by atoms with van der Waals surface area (Å²) in [6, 6.07) is 5.89. The predicted molar refractivity (Wildman–Crippen MR) is 63.7 cm³/mol. The molecule has 1 aliphatic rings. The number of ether oxygens (including phenoxy) is 1. The van der Waals surface area contributed by atoms with Crippen LogP contribution in [-0.2, 0) is 6.54 Å². The molecule has 0 bridgehead atoms. The molecular formula is C12H18N2O2. The SMILES string of the molecule is COc1ccc(CN)c(N2CCC(O)C2)c1. The van der Waals surface area contributed by atoms with Crippen molar-refractivity contribution in [1.82, 2.24) is 0 Å². The van der Waals surface area contributed by atoms with Crippen molar-refractivity contribution in [2.45, 2.75) is 19.1 Å².